The van der Waals surface area contributed by atoms with Crippen molar-refractivity contribution in [2.45, 2.75) is 19.4 Å². The van der Waals surface area contributed by atoms with Crippen LogP contribution in [0.3, 0.4) is 0 Å². The van der Waals surface area contributed by atoms with Crippen LogP contribution in [-0.2, 0) is 14.8 Å². The zero-order valence-electron chi connectivity index (χ0n) is 19.9. The number of aromatic hydroxyl groups is 1. The van der Waals surface area contributed by atoms with Crippen molar-refractivity contribution >= 4 is 43.9 Å². The summed E-state index contributed by atoms with van der Waals surface area (Å²) in [5, 5.41) is 11.3. The van der Waals surface area contributed by atoms with Gasteiger partial charge >= 0.3 is 0 Å². The summed E-state index contributed by atoms with van der Waals surface area (Å²) in [6, 6.07) is 19.6. The van der Waals surface area contributed by atoms with Crippen molar-refractivity contribution in [1.29, 1.82) is 0 Å². The number of carbonyl (C=O) groups is 1. The number of aromatic amines is 1. The molecule has 0 fully saturated rings. The van der Waals surface area contributed by atoms with Crippen LogP contribution < -0.4 is 10.0 Å². The van der Waals surface area contributed by atoms with Gasteiger partial charge in [0.25, 0.3) is 0 Å². The summed E-state index contributed by atoms with van der Waals surface area (Å²) >= 11 is 0. The number of sulfonamides is 1. The molecule has 0 radical (unpaired) electrons. The van der Waals surface area contributed by atoms with Gasteiger partial charge in [-0.3, -0.25) is 9.10 Å². The highest BCUT2D eigenvalue weighted by atomic mass is 32.2. The van der Waals surface area contributed by atoms with E-state index in [0.717, 1.165) is 10.6 Å². The monoisotopic (exact) mass is 508 g/mol. The minimum atomic E-state index is -3.84. The first-order chi connectivity index (χ1) is 16.9. The van der Waals surface area contributed by atoms with Crippen molar-refractivity contribution in [3.05, 3.63) is 89.7 Å². The molecule has 0 bridgehead atoms. The largest absolute Gasteiger partial charge is 0.494 e. The summed E-state index contributed by atoms with van der Waals surface area (Å²) in [5.41, 5.74) is 6.61. The van der Waals surface area contributed by atoms with Crippen molar-refractivity contribution < 1.29 is 22.7 Å². The number of hydrogen-bond donors (Lipinski definition) is 3. The van der Waals surface area contributed by atoms with Gasteiger partial charge in [-0.1, -0.05) is 30.3 Å². The third-order valence-corrected chi connectivity index (χ3v) is 7.12. The first-order valence-electron chi connectivity index (χ1n) is 10.9. The van der Waals surface area contributed by atoms with Crippen LogP contribution in [0, 0.1) is 5.82 Å². The normalized spacial score (nSPS) is 12.6. The summed E-state index contributed by atoms with van der Waals surface area (Å²) in [6.07, 6.45) is 1.000. The zero-order valence-corrected chi connectivity index (χ0v) is 20.7. The van der Waals surface area contributed by atoms with Gasteiger partial charge in [-0.25, -0.2) is 17.8 Å². The first-order valence-corrected chi connectivity index (χ1v) is 12.8. The topological polar surface area (TPSA) is 129 Å². The molecular formula is C26H25FN4O4S. The second-order valence-electron chi connectivity index (χ2n) is 8.83. The molecule has 1 aromatic heterocycles. The van der Waals surface area contributed by atoms with Gasteiger partial charge in [-0.2, -0.15) is 0 Å². The third kappa shape index (κ3) is 4.67. The Morgan fingerprint density at radius 3 is 2.28 bits per heavy atom. The van der Waals surface area contributed by atoms with Crippen LogP contribution in [-0.4, -0.2) is 41.9 Å². The molecule has 10 heteroatoms. The lowest BCUT2D eigenvalue weighted by Gasteiger charge is -2.35. The lowest BCUT2D eigenvalue weighted by atomic mass is 10.0. The second-order valence-corrected chi connectivity index (χ2v) is 10.7. The number of carbonyl (C=O) groups excluding carboxylic acids is 1. The number of nitrogens with two attached hydrogens (primary N) is 1. The maximum Gasteiger partial charge on any atom is 0.243 e. The number of nitrogens with zero attached hydrogens (tertiary/aromatic N) is 2. The summed E-state index contributed by atoms with van der Waals surface area (Å²) in [6.45, 7) is 2.86. The number of aliphatic imine (C=N–C) groups is 1. The van der Waals surface area contributed by atoms with Crippen LogP contribution in [0.4, 0.5) is 15.8 Å². The molecule has 4 rings (SSSR count). The van der Waals surface area contributed by atoms with E-state index in [-0.39, 0.29) is 11.6 Å². The fourth-order valence-corrected chi connectivity index (χ4v) is 5.50. The average molecular weight is 509 g/mol. The summed E-state index contributed by atoms with van der Waals surface area (Å²) in [5.74, 6) is -1.41. The van der Waals surface area contributed by atoms with Crippen LogP contribution in [0.25, 0.3) is 10.9 Å². The molecule has 4 aromatic rings. The molecule has 1 heterocycles. The first kappa shape index (κ1) is 24.9. The third-order valence-electron chi connectivity index (χ3n) is 5.79. The van der Waals surface area contributed by atoms with E-state index in [9.17, 15) is 22.7 Å². The van der Waals surface area contributed by atoms with Crippen LogP contribution in [0.1, 0.15) is 25.0 Å². The number of fused-ring (bicyclic) bond motifs is 1. The summed E-state index contributed by atoms with van der Waals surface area (Å²) in [4.78, 5) is 19.5. The Morgan fingerprint density at radius 2 is 1.69 bits per heavy atom. The van der Waals surface area contributed by atoms with Gasteiger partial charge in [0.15, 0.2) is 5.88 Å². The molecule has 0 saturated carbocycles. The van der Waals surface area contributed by atoms with Crippen molar-refractivity contribution in [1.82, 2.24) is 4.98 Å². The standard InChI is InChI=1S/C26H25FN4O4S/c1-26(2,25(28)33)31(36(3,34)35)19-12-10-18(11-13-19)29-23(16-7-5-4-6-8-16)22-20-14-9-17(27)15-21(20)30-24(22)32/h4-15,30,32H,1-3H3,(H2,28,33). The van der Waals surface area contributed by atoms with Crippen LogP contribution in [0.2, 0.25) is 0 Å². The van der Waals surface area contributed by atoms with E-state index in [2.05, 4.69) is 4.98 Å². The highest BCUT2D eigenvalue weighted by Crippen LogP contribution is 2.33. The van der Waals surface area contributed by atoms with Crippen molar-refractivity contribution in [3.63, 3.8) is 0 Å². The Labute approximate surface area is 208 Å². The van der Waals surface area contributed by atoms with Gasteiger partial charge in [-0.05, 0) is 56.3 Å². The lowest BCUT2D eigenvalue weighted by molar-refractivity contribution is -0.121. The number of amides is 1. The molecular weight excluding hydrogens is 483 g/mol. The molecule has 1 amide bonds. The number of H-pyrrole nitrogens is 1. The molecule has 0 spiro atoms. The van der Waals surface area contributed by atoms with Gasteiger partial charge in [0.1, 0.15) is 11.4 Å². The highest BCUT2D eigenvalue weighted by molar-refractivity contribution is 7.92. The predicted octanol–water partition coefficient (Wildman–Crippen LogP) is 4.21. The number of nitrogens with one attached hydrogen (secondary N) is 1. The zero-order chi connectivity index (χ0) is 26.3. The van der Waals surface area contributed by atoms with Gasteiger partial charge in [-0.15, -0.1) is 0 Å². The van der Waals surface area contributed by atoms with Crippen LogP contribution in [0.5, 0.6) is 5.88 Å². The Bertz CT molecular complexity index is 1580. The highest BCUT2D eigenvalue weighted by Gasteiger charge is 2.39. The van der Waals surface area contributed by atoms with Crippen LogP contribution >= 0.6 is 0 Å². The molecule has 0 unspecified atom stereocenters. The number of hydrogen-bond acceptors (Lipinski definition) is 5. The molecule has 3 aromatic carbocycles. The molecule has 0 aliphatic heterocycles. The molecule has 36 heavy (non-hydrogen) atoms. The number of anilines is 1. The van der Waals surface area contributed by atoms with Gasteiger partial charge in [0.05, 0.1) is 34.4 Å². The fourth-order valence-electron chi connectivity index (χ4n) is 4.08. The second kappa shape index (κ2) is 9.12. The summed E-state index contributed by atoms with van der Waals surface area (Å²) in [7, 11) is -3.84. The van der Waals surface area contributed by atoms with E-state index in [4.69, 9.17) is 10.7 Å². The van der Waals surface area contributed by atoms with E-state index >= 15 is 0 Å². The number of aromatic nitrogens is 1. The maximum absolute atomic E-state index is 13.8. The molecule has 4 N–H and O–H groups in total. The smallest absolute Gasteiger partial charge is 0.243 e. The molecule has 0 saturated heterocycles. The molecule has 0 atom stereocenters. The van der Waals surface area contributed by atoms with Gasteiger partial charge in [0.2, 0.25) is 15.9 Å². The summed E-state index contributed by atoms with van der Waals surface area (Å²) < 4.78 is 39.7. The van der Waals surface area contributed by atoms with E-state index in [1.807, 2.05) is 30.3 Å². The van der Waals surface area contributed by atoms with E-state index in [0.29, 0.717) is 33.4 Å². The maximum atomic E-state index is 13.8. The Hall–Kier alpha value is -4.18. The van der Waals surface area contributed by atoms with Crippen molar-refractivity contribution in [2.75, 3.05) is 10.6 Å². The number of benzene rings is 3. The molecule has 186 valence electrons. The average Bonchev–Trinajstić information content (AvgIpc) is 3.12. The number of halogens is 1. The van der Waals surface area contributed by atoms with Gasteiger partial charge < -0.3 is 15.8 Å². The van der Waals surface area contributed by atoms with Gasteiger partial charge in [0, 0.05) is 10.9 Å². The van der Waals surface area contributed by atoms with Crippen molar-refractivity contribution in [3.8, 4) is 5.88 Å². The van der Waals surface area contributed by atoms with E-state index in [1.54, 1.807) is 18.2 Å². The number of primary amides is 1. The Morgan fingerprint density at radius 1 is 1.06 bits per heavy atom. The number of rotatable bonds is 7. The molecule has 0 aliphatic rings. The lowest BCUT2D eigenvalue weighted by Crippen LogP contribution is -2.55. The minimum Gasteiger partial charge on any atom is -0.494 e. The Balaban J connectivity index is 1.86. The van der Waals surface area contributed by atoms with Crippen LogP contribution in [0.15, 0.2) is 77.8 Å². The van der Waals surface area contributed by atoms with E-state index < -0.39 is 27.3 Å². The molecule has 0 aliphatic carbocycles. The predicted molar refractivity (Wildman–Crippen MR) is 139 cm³/mol. The Kier molecular flexibility index (Phi) is 6.32. The minimum absolute atomic E-state index is 0.165. The molecule has 8 nitrogen and oxygen atoms in total. The van der Waals surface area contributed by atoms with E-state index in [1.165, 1.54) is 38.1 Å². The fraction of sp³-hybridized carbons (Fsp3) is 0.154. The quantitative estimate of drug-likeness (QED) is 0.323. The van der Waals surface area contributed by atoms with Crippen molar-refractivity contribution in [2.24, 2.45) is 10.7 Å². The SMILES string of the molecule is CC(C)(C(N)=O)N(c1ccc(N=C(c2ccccc2)c2c(O)[nH]c3cc(F)ccc23)cc1)S(C)(=O)=O.